The zero-order chi connectivity index (χ0) is 14.6. The van der Waals surface area contributed by atoms with Gasteiger partial charge in [-0.25, -0.2) is 0 Å². The predicted octanol–water partition coefficient (Wildman–Crippen LogP) is 2.77. The smallest absolute Gasteiger partial charge is 0.311 e. The van der Waals surface area contributed by atoms with Gasteiger partial charge in [0.05, 0.1) is 10.8 Å². The Bertz CT molecular complexity index is 571. The van der Waals surface area contributed by atoms with E-state index in [9.17, 15) is 19.8 Å². The van der Waals surface area contributed by atoms with Crippen molar-refractivity contribution in [1.82, 2.24) is 0 Å². The Hall–Kier alpha value is -1.06. The van der Waals surface area contributed by atoms with Crippen LogP contribution >= 0.6 is 0 Å². The molecule has 0 aromatic carbocycles. The van der Waals surface area contributed by atoms with Crippen LogP contribution in [0.2, 0.25) is 0 Å². The van der Waals surface area contributed by atoms with E-state index in [-0.39, 0.29) is 11.3 Å². The SMILES string of the molecule is O=C(O)C12CCCCC3C(C1)C1C4CCC3(C4)C12C(=O)O. The zero-order valence-corrected chi connectivity index (χ0v) is 12.2. The monoisotopic (exact) mass is 290 g/mol. The number of rotatable bonds is 2. The fourth-order valence-corrected chi connectivity index (χ4v) is 8.56. The number of hydrogen-bond acceptors (Lipinski definition) is 2. The number of aliphatic carboxylic acids is 2. The summed E-state index contributed by atoms with van der Waals surface area (Å²) in [5.41, 5.74) is -2.10. The fraction of sp³-hybridized carbons (Fsp3) is 0.882. The number of fused-ring (bicyclic) bond motifs is 2. The highest BCUT2D eigenvalue weighted by atomic mass is 16.4. The summed E-state index contributed by atoms with van der Waals surface area (Å²) in [4.78, 5) is 24.8. The van der Waals surface area contributed by atoms with Crippen LogP contribution in [0.1, 0.15) is 51.4 Å². The number of carboxylic acid groups (broad SMARTS) is 2. The van der Waals surface area contributed by atoms with Crippen LogP contribution in [0.3, 0.4) is 0 Å². The quantitative estimate of drug-likeness (QED) is 0.820. The molecule has 0 amide bonds. The average molecular weight is 290 g/mol. The van der Waals surface area contributed by atoms with Crippen molar-refractivity contribution in [3.05, 3.63) is 0 Å². The van der Waals surface area contributed by atoms with Crippen LogP contribution in [0, 0.1) is 39.9 Å². The second-order valence-electron chi connectivity index (χ2n) is 8.41. The molecular weight excluding hydrogens is 268 g/mol. The second kappa shape index (κ2) is 3.31. The van der Waals surface area contributed by atoms with E-state index < -0.39 is 22.8 Å². The van der Waals surface area contributed by atoms with E-state index in [0.717, 1.165) is 38.5 Å². The lowest BCUT2D eigenvalue weighted by Gasteiger charge is -2.56. The third kappa shape index (κ3) is 0.918. The Labute approximate surface area is 123 Å². The van der Waals surface area contributed by atoms with Gasteiger partial charge in [0.2, 0.25) is 0 Å². The maximum absolute atomic E-state index is 12.5. The van der Waals surface area contributed by atoms with Gasteiger partial charge in [0.25, 0.3) is 0 Å². The molecule has 0 aromatic heterocycles. The molecule has 1 spiro atoms. The summed E-state index contributed by atoms with van der Waals surface area (Å²) >= 11 is 0. The Morgan fingerprint density at radius 2 is 1.76 bits per heavy atom. The third-order valence-electron chi connectivity index (χ3n) is 8.52. The van der Waals surface area contributed by atoms with Gasteiger partial charge in [0.15, 0.2) is 0 Å². The van der Waals surface area contributed by atoms with Crippen molar-refractivity contribution in [3.63, 3.8) is 0 Å². The molecule has 7 atom stereocenters. The Balaban J connectivity index is 1.84. The van der Waals surface area contributed by atoms with Crippen LogP contribution in [0.15, 0.2) is 0 Å². The van der Waals surface area contributed by atoms with Gasteiger partial charge < -0.3 is 10.2 Å². The Kier molecular flexibility index (Phi) is 1.96. The number of carbonyl (C=O) groups is 2. The van der Waals surface area contributed by atoms with Crippen LogP contribution in [0.25, 0.3) is 0 Å². The molecule has 5 aliphatic carbocycles. The van der Waals surface area contributed by atoms with Gasteiger partial charge in [-0.05, 0) is 67.6 Å². The van der Waals surface area contributed by atoms with Crippen LogP contribution in [0.5, 0.6) is 0 Å². The van der Waals surface area contributed by atoms with E-state index in [2.05, 4.69) is 0 Å². The minimum Gasteiger partial charge on any atom is -0.481 e. The lowest BCUT2D eigenvalue weighted by atomic mass is 9.45. The maximum Gasteiger partial charge on any atom is 0.311 e. The zero-order valence-electron chi connectivity index (χ0n) is 12.2. The highest BCUT2D eigenvalue weighted by molar-refractivity contribution is 5.90. The second-order valence-corrected chi connectivity index (χ2v) is 8.41. The topological polar surface area (TPSA) is 74.6 Å². The summed E-state index contributed by atoms with van der Waals surface area (Å²) in [6.07, 6.45) is 7.45. The highest BCUT2D eigenvalue weighted by Gasteiger charge is 2.90. The standard InChI is InChI=1S/C17H22O4/c18-13(19)16-5-2-1-3-11-10(8-16)12-9-4-6-15(11,7-9)17(12,16)14(20)21/h9-12H,1-8H2,(H,18,19)(H,20,21). The molecule has 0 aliphatic heterocycles. The van der Waals surface area contributed by atoms with Crippen molar-refractivity contribution in [1.29, 1.82) is 0 Å². The largest absolute Gasteiger partial charge is 0.481 e. The highest BCUT2D eigenvalue weighted by Crippen LogP contribution is 2.89. The molecule has 0 radical (unpaired) electrons. The normalized spacial score (nSPS) is 59.2. The lowest BCUT2D eigenvalue weighted by molar-refractivity contribution is -0.195. The molecule has 2 N–H and O–H groups in total. The summed E-state index contributed by atoms with van der Waals surface area (Å²) in [5.74, 6) is -0.0813. The molecule has 5 saturated carbocycles. The van der Waals surface area contributed by atoms with E-state index in [1.807, 2.05) is 0 Å². The molecule has 5 rings (SSSR count). The lowest BCUT2D eigenvalue weighted by Crippen LogP contribution is -2.61. The summed E-state index contributed by atoms with van der Waals surface area (Å²) in [6.45, 7) is 0. The average Bonchev–Trinajstić information content (AvgIpc) is 3.05. The molecule has 114 valence electrons. The minimum atomic E-state index is -0.972. The van der Waals surface area contributed by atoms with E-state index >= 15 is 0 Å². The third-order valence-corrected chi connectivity index (χ3v) is 8.52. The van der Waals surface area contributed by atoms with Gasteiger partial charge in [-0.3, -0.25) is 9.59 Å². The van der Waals surface area contributed by atoms with E-state index in [1.165, 1.54) is 0 Å². The van der Waals surface area contributed by atoms with Gasteiger partial charge >= 0.3 is 11.9 Å². The Morgan fingerprint density at radius 3 is 2.48 bits per heavy atom. The minimum absolute atomic E-state index is 0.156. The molecule has 5 aliphatic rings. The van der Waals surface area contributed by atoms with Crippen molar-refractivity contribution in [2.75, 3.05) is 0 Å². The first-order chi connectivity index (χ1) is 10.0. The van der Waals surface area contributed by atoms with E-state index in [4.69, 9.17) is 0 Å². The van der Waals surface area contributed by atoms with Crippen LogP contribution < -0.4 is 0 Å². The molecule has 6 bridgehead atoms. The van der Waals surface area contributed by atoms with Crippen molar-refractivity contribution < 1.29 is 19.8 Å². The van der Waals surface area contributed by atoms with Crippen LogP contribution in [-0.2, 0) is 9.59 Å². The van der Waals surface area contributed by atoms with Crippen LogP contribution in [-0.4, -0.2) is 22.2 Å². The number of hydrogen-bond donors (Lipinski definition) is 2. The molecule has 21 heavy (non-hydrogen) atoms. The van der Waals surface area contributed by atoms with Gasteiger partial charge in [0.1, 0.15) is 0 Å². The first kappa shape index (κ1) is 12.5. The van der Waals surface area contributed by atoms with Crippen molar-refractivity contribution in [2.24, 2.45) is 39.9 Å². The summed E-state index contributed by atoms with van der Waals surface area (Å²) in [6, 6.07) is 0. The fourth-order valence-electron chi connectivity index (χ4n) is 8.56. The summed E-state index contributed by atoms with van der Waals surface area (Å²) < 4.78 is 0. The van der Waals surface area contributed by atoms with Crippen molar-refractivity contribution in [2.45, 2.75) is 51.4 Å². The summed E-state index contributed by atoms with van der Waals surface area (Å²) in [7, 11) is 0. The van der Waals surface area contributed by atoms with Gasteiger partial charge in [-0.15, -0.1) is 0 Å². The molecule has 4 heteroatoms. The van der Waals surface area contributed by atoms with Gasteiger partial charge in [-0.1, -0.05) is 12.8 Å². The molecule has 0 heterocycles. The van der Waals surface area contributed by atoms with Gasteiger partial charge in [0, 0.05) is 0 Å². The maximum atomic E-state index is 12.5. The molecular formula is C17H22O4. The van der Waals surface area contributed by atoms with E-state index in [1.54, 1.807) is 0 Å². The molecule has 4 nitrogen and oxygen atoms in total. The summed E-state index contributed by atoms with van der Waals surface area (Å²) in [5, 5.41) is 20.3. The van der Waals surface area contributed by atoms with Crippen LogP contribution in [0.4, 0.5) is 0 Å². The molecule has 0 aromatic rings. The number of carboxylic acids is 2. The molecule has 7 unspecified atom stereocenters. The van der Waals surface area contributed by atoms with Crippen molar-refractivity contribution in [3.8, 4) is 0 Å². The molecule has 5 fully saturated rings. The molecule has 0 saturated heterocycles. The van der Waals surface area contributed by atoms with Gasteiger partial charge in [-0.2, -0.15) is 0 Å². The van der Waals surface area contributed by atoms with Crippen molar-refractivity contribution >= 4 is 11.9 Å². The first-order valence-corrected chi connectivity index (χ1v) is 8.48. The predicted molar refractivity (Wildman–Crippen MR) is 73.5 cm³/mol. The van der Waals surface area contributed by atoms with E-state index in [0.29, 0.717) is 30.6 Å². The first-order valence-electron chi connectivity index (χ1n) is 8.48. The Morgan fingerprint density at radius 1 is 0.952 bits per heavy atom.